The maximum Gasteiger partial charge on any atom is 0.162 e. The number of Topliss-reactive ketones (excluding diaryl/α,β-unsaturated/α-hetero) is 1. The summed E-state index contributed by atoms with van der Waals surface area (Å²) in [6.07, 6.45) is 5.97. The molecule has 3 aliphatic rings. The zero-order valence-corrected chi connectivity index (χ0v) is 20.8. The Labute approximate surface area is 209 Å². The highest BCUT2D eigenvalue weighted by Gasteiger charge is 2.45. The molecule has 2 aliphatic carbocycles. The smallest absolute Gasteiger partial charge is 0.162 e. The average molecular weight is 487 g/mol. The van der Waals surface area contributed by atoms with Crippen LogP contribution in [-0.4, -0.2) is 5.78 Å². The number of anilines is 1. The van der Waals surface area contributed by atoms with Crippen molar-refractivity contribution in [3.05, 3.63) is 74.3 Å². The van der Waals surface area contributed by atoms with Crippen LogP contribution in [0.5, 0.6) is 0 Å². The molecule has 0 bridgehead atoms. The van der Waals surface area contributed by atoms with Crippen LogP contribution in [-0.2, 0) is 17.6 Å². The monoisotopic (exact) mass is 486 g/mol. The third-order valence-corrected chi connectivity index (χ3v) is 8.58. The SMILES string of the molecule is CC1(C)CC(=O)C2=C(C1)N(c1sc3c(c1C#N)CCCCC3)C(N)=C(C#N)[C@H]2c1ccc(F)cc1. The Morgan fingerprint density at radius 3 is 2.49 bits per heavy atom. The fraction of sp³-hybridized carbons (Fsp3) is 0.393. The summed E-state index contributed by atoms with van der Waals surface area (Å²) >= 11 is 1.56. The zero-order valence-electron chi connectivity index (χ0n) is 19.9. The Morgan fingerprint density at radius 2 is 1.80 bits per heavy atom. The van der Waals surface area contributed by atoms with Crippen LogP contribution < -0.4 is 10.6 Å². The standard InChI is InChI=1S/C28H27FN4OS/c1-28(2)12-21-25(22(34)13-28)24(16-8-10-17(29)11-9-16)20(15-31)26(32)33(21)27-19(14-30)18-6-4-3-5-7-23(18)35-27/h8-11,24H,3-7,12-13,32H2,1-2H3/t24-/m1/s1. The Bertz CT molecular complexity index is 1370. The van der Waals surface area contributed by atoms with Crippen molar-refractivity contribution < 1.29 is 9.18 Å². The summed E-state index contributed by atoms with van der Waals surface area (Å²) in [4.78, 5) is 16.7. The number of nitriles is 2. The van der Waals surface area contributed by atoms with E-state index in [0.717, 1.165) is 43.4 Å². The van der Waals surface area contributed by atoms with Crippen molar-refractivity contribution in [3.8, 4) is 12.1 Å². The lowest BCUT2D eigenvalue weighted by Crippen LogP contribution is -2.42. The molecule has 0 saturated heterocycles. The van der Waals surface area contributed by atoms with Gasteiger partial charge in [-0.05, 0) is 60.8 Å². The highest BCUT2D eigenvalue weighted by atomic mass is 32.1. The molecule has 5 nitrogen and oxygen atoms in total. The number of thiophene rings is 1. The van der Waals surface area contributed by atoms with E-state index >= 15 is 0 Å². The van der Waals surface area contributed by atoms with Gasteiger partial charge in [-0.15, -0.1) is 11.3 Å². The first-order valence-electron chi connectivity index (χ1n) is 12.0. The van der Waals surface area contributed by atoms with Crippen molar-refractivity contribution in [1.82, 2.24) is 0 Å². The summed E-state index contributed by atoms with van der Waals surface area (Å²) in [5.41, 5.74) is 10.3. The molecule has 1 atom stereocenters. The maximum atomic E-state index is 13.7. The molecule has 1 aromatic heterocycles. The largest absolute Gasteiger partial charge is 0.384 e. The first-order valence-corrected chi connectivity index (χ1v) is 12.8. The Morgan fingerprint density at radius 1 is 1.09 bits per heavy atom. The molecule has 1 aromatic carbocycles. The predicted octanol–water partition coefficient (Wildman–Crippen LogP) is 5.97. The maximum absolute atomic E-state index is 13.7. The zero-order chi connectivity index (χ0) is 24.9. The third-order valence-electron chi connectivity index (χ3n) is 7.30. The lowest BCUT2D eigenvalue weighted by molar-refractivity contribution is -0.118. The van der Waals surface area contributed by atoms with Gasteiger partial charge in [0.2, 0.25) is 0 Å². The Hall–Kier alpha value is -3.42. The Kier molecular flexibility index (Phi) is 5.77. The van der Waals surface area contributed by atoms with E-state index in [4.69, 9.17) is 5.73 Å². The number of hydrogen-bond donors (Lipinski definition) is 1. The quantitative estimate of drug-likeness (QED) is 0.528. The minimum absolute atomic E-state index is 0.0348. The van der Waals surface area contributed by atoms with Crippen LogP contribution in [0.15, 0.2) is 46.9 Å². The van der Waals surface area contributed by atoms with E-state index in [2.05, 4.69) is 12.1 Å². The Balaban J connectivity index is 1.78. The summed E-state index contributed by atoms with van der Waals surface area (Å²) in [7, 11) is 0. The number of aryl methyl sites for hydroxylation is 1. The van der Waals surface area contributed by atoms with Crippen LogP contribution in [0.4, 0.5) is 9.39 Å². The minimum Gasteiger partial charge on any atom is -0.384 e. The van der Waals surface area contributed by atoms with E-state index < -0.39 is 5.92 Å². The van der Waals surface area contributed by atoms with Crippen molar-refractivity contribution >= 4 is 22.1 Å². The summed E-state index contributed by atoms with van der Waals surface area (Å²) in [5.74, 6) is -0.823. The topological polar surface area (TPSA) is 93.9 Å². The van der Waals surface area contributed by atoms with Gasteiger partial charge in [0.15, 0.2) is 5.78 Å². The van der Waals surface area contributed by atoms with Crippen LogP contribution in [0.3, 0.4) is 0 Å². The number of nitrogens with zero attached hydrogens (tertiary/aromatic N) is 3. The van der Waals surface area contributed by atoms with Crippen LogP contribution in [0.2, 0.25) is 0 Å². The first-order chi connectivity index (χ1) is 16.8. The molecule has 0 unspecified atom stereocenters. The number of ketones is 1. The summed E-state index contributed by atoms with van der Waals surface area (Å²) in [5, 5.41) is 21.1. The van der Waals surface area contributed by atoms with E-state index in [-0.39, 0.29) is 28.4 Å². The average Bonchev–Trinajstić information content (AvgIpc) is 2.98. The number of nitrogens with two attached hydrogens (primary N) is 1. The number of carbonyl (C=O) groups is 1. The van der Waals surface area contributed by atoms with Gasteiger partial charge in [-0.3, -0.25) is 9.69 Å². The van der Waals surface area contributed by atoms with Gasteiger partial charge in [-0.1, -0.05) is 32.4 Å². The molecule has 0 radical (unpaired) electrons. The minimum atomic E-state index is -0.654. The second-order valence-electron chi connectivity index (χ2n) is 10.4. The molecule has 0 amide bonds. The molecular weight excluding hydrogens is 459 g/mol. The number of rotatable bonds is 2. The number of allylic oxidation sites excluding steroid dienone is 3. The molecule has 0 saturated carbocycles. The van der Waals surface area contributed by atoms with Gasteiger partial charge in [-0.25, -0.2) is 4.39 Å². The number of carbonyl (C=O) groups excluding carboxylic acids is 1. The predicted molar refractivity (Wildman–Crippen MR) is 134 cm³/mol. The lowest BCUT2D eigenvalue weighted by Gasteiger charge is -2.43. The number of fused-ring (bicyclic) bond motifs is 1. The van der Waals surface area contributed by atoms with E-state index in [1.807, 2.05) is 18.7 Å². The summed E-state index contributed by atoms with van der Waals surface area (Å²) in [6.45, 7) is 4.10. The highest BCUT2D eigenvalue weighted by molar-refractivity contribution is 7.16. The van der Waals surface area contributed by atoms with Gasteiger partial charge in [0.25, 0.3) is 0 Å². The number of hydrogen-bond acceptors (Lipinski definition) is 6. The molecule has 178 valence electrons. The third kappa shape index (κ3) is 3.85. The van der Waals surface area contributed by atoms with Gasteiger partial charge in [0.1, 0.15) is 22.7 Å². The molecule has 5 rings (SSSR count). The first kappa shape index (κ1) is 23.3. The van der Waals surface area contributed by atoms with E-state index in [1.165, 1.54) is 17.0 Å². The van der Waals surface area contributed by atoms with Crippen molar-refractivity contribution in [2.75, 3.05) is 4.90 Å². The van der Waals surface area contributed by atoms with E-state index in [9.17, 15) is 19.7 Å². The van der Waals surface area contributed by atoms with Crippen LogP contribution in [0.25, 0.3) is 0 Å². The van der Waals surface area contributed by atoms with Gasteiger partial charge < -0.3 is 5.73 Å². The van der Waals surface area contributed by atoms with Crippen LogP contribution in [0, 0.1) is 33.9 Å². The van der Waals surface area contributed by atoms with Gasteiger partial charge >= 0.3 is 0 Å². The molecule has 35 heavy (non-hydrogen) atoms. The normalized spacial score (nSPS) is 21.7. The molecule has 7 heteroatoms. The highest BCUT2D eigenvalue weighted by Crippen LogP contribution is 2.52. The van der Waals surface area contributed by atoms with Crippen molar-refractivity contribution in [1.29, 1.82) is 10.5 Å². The van der Waals surface area contributed by atoms with Crippen molar-refractivity contribution in [2.45, 2.75) is 64.7 Å². The van der Waals surface area contributed by atoms with Gasteiger partial charge in [0.05, 0.1) is 23.1 Å². The second-order valence-corrected chi connectivity index (χ2v) is 11.5. The van der Waals surface area contributed by atoms with Gasteiger partial charge in [-0.2, -0.15) is 10.5 Å². The lowest BCUT2D eigenvalue weighted by atomic mass is 9.68. The molecule has 2 aromatic rings. The van der Waals surface area contributed by atoms with Crippen LogP contribution >= 0.6 is 11.3 Å². The summed E-state index contributed by atoms with van der Waals surface area (Å²) < 4.78 is 13.7. The fourth-order valence-corrected chi connectivity index (χ4v) is 7.11. The molecule has 1 aliphatic heterocycles. The molecule has 2 heterocycles. The molecule has 0 spiro atoms. The molecule has 0 fully saturated rings. The van der Waals surface area contributed by atoms with E-state index in [0.29, 0.717) is 34.5 Å². The molecule has 2 N–H and O–H groups in total. The fourth-order valence-electron chi connectivity index (χ4n) is 5.73. The van der Waals surface area contributed by atoms with Crippen LogP contribution in [0.1, 0.15) is 73.4 Å². The second kappa shape index (κ2) is 8.66. The number of halogens is 1. The summed E-state index contributed by atoms with van der Waals surface area (Å²) in [6, 6.07) is 10.6. The van der Waals surface area contributed by atoms with Gasteiger partial charge in [0, 0.05) is 22.6 Å². The van der Waals surface area contributed by atoms with Crippen molar-refractivity contribution in [2.24, 2.45) is 11.1 Å². The van der Waals surface area contributed by atoms with E-state index in [1.54, 1.807) is 23.5 Å². The molecular formula is C28H27FN4OS. The number of benzene rings is 1. The van der Waals surface area contributed by atoms with Crippen molar-refractivity contribution in [3.63, 3.8) is 0 Å².